The van der Waals surface area contributed by atoms with E-state index in [-0.39, 0.29) is 5.54 Å². The summed E-state index contributed by atoms with van der Waals surface area (Å²) in [5, 5.41) is 4.38. The van der Waals surface area contributed by atoms with Gasteiger partial charge in [-0.3, -0.25) is 0 Å². The average Bonchev–Trinajstić information content (AvgIpc) is 3.40. The highest BCUT2D eigenvalue weighted by Crippen LogP contribution is 2.32. The summed E-state index contributed by atoms with van der Waals surface area (Å²) < 4.78 is 17.5. The van der Waals surface area contributed by atoms with Crippen LogP contribution in [0.2, 0.25) is 0 Å². The van der Waals surface area contributed by atoms with Crippen molar-refractivity contribution < 1.29 is 13.9 Å². The van der Waals surface area contributed by atoms with E-state index in [4.69, 9.17) is 13.9 Å². The molecule has 1 aliphatic rings. The van der Waals surface area contributed by atoms with Crippen LogP contribution in [0.25, 0.3) is 22.0 Å². The quantitative estimate of drug-likeness (QED) is 0.282. The average molecular weight is 494 g/mol. The van der Waals surface area contributed by atoms with Crippen molar-refractivity contribution in [3.05, 3.63) is 77.9 Å². The summed E-state index contributed by atoms with van der Waals surface area (Å²) in [6.07, 6.45) is 2.21. The Kier molecular flexibility index (Phi) is 5.52. The Morgan fingerprint density at radius 1 is 0.973 bits per heavy atom. The molecule has 5 aromatic rings. The van der Waals surface area contributed by atoms with E-state index in [2.05, 4.69) is 51.2 Å². The molecule has 37 heavy (non-hydrogen) atoms. The fourth-order valence-corrected chi connectivity index (χ4v) is 4.43. The molecule has 1 N–H and O–H groups in total. The molecular weight excluding hydrogens is 466 g/mol. The number of rotatable bonds is 6. The number of anilines is 2. The molecule has 186 valence electrons. The summed E-state index contributed by atoms with van der Waals surface area (Å²) in [6, 6.07) is 17.8. The zero-order valence-electron chi connectivity index (χ0n) is 21.2. The van der Waals surface area contributed by atoms with Gasteiger partial charge in [-0.1, -0.05) is 6.07 Å². The van der Waals surface area contributed by atoms with E-state index >= 15 is 0 Å². The van der Waals surface area contributed by atoms with Gasteiger partial charge in [-0.05, 0) is 74.4 Å². The van der Waals surface area contributed by atoms with Crippen LogP contribution in [-0.4, -0.2) is 33.0 Å². The maximum atomic E-state index is 6.13. The molecule has 0 radical (unpaired) electrons. The summed E-state index contributed by atoms with van der Waals surface area (Å²) in [7, 11) is 0. The highest BCUT2D eigenvalue weighted by Gasteiger charge is 2.26. The smallest absolute Gasteiger partial charge is 0.192 e. The topological polar surface area (TPSA) is 94.7 Å². The van der Waals surface area contributed by atoms with Gasteiger partial charge in [-0.15, -0.1) is 0 Å². The van der Waals surface area contributed by atoms with Crippen LogP contribution in [0, 0.1) is 13.8 Å². The standard InChI is InChI=1S/C29H27N5O3/c1-17-11-20(6-10-25(17)37-21-7-9-24-26(14-21)36-18(2)32-24)33-28-22-12-19(5-8-23(22)30-16-31-28)13-27-34-29(3,4)15-35-27/h5-12,14,16H,13,15H2,1-4H3,(H,30,31,33). The summed E-state index contributed by atoms with van der Waals surface area (Å²) in [6.45, 7) is 8.60. The van der Waals surface area contributed by atoms with E-state index in [1.807, 2.05) is 56.3 Å². The lowest BCUT2D eigenvalue weighted by molar-refractivity contribution is 0.275. The number of nitrogens with one attached hydrogen (secondary N) is 1. The van der Waals surface area contributed by atoms with Gasteiger partial charge in [0.15, 0.2) is 17.4 Å². The molecule has 3 heterocycles. The van der Waals surface area contributed by atoms with Gasteiger partial charge in [0.2, 0.25) is 0 Å². The minimum absolute atomic E-state index is 0.169. The number of nitrogens with zero attached hydrogens (tertiary/aromatic N) is 4. The second kappa shape index (κ2) is 8.89. The van der Waals surface area contributed by atoms with Crippen molar-refractivity contribution in [1.82, 2.24) is 15.0 Å². The molecule has 0 aliphatic carbocycles. The first kappa shape index (κ1) is 23.0. The van der Waals surface area contributed by atoms with Crippen LogP contribution in [-0.2, 0) is 11.2 Å². The molecule has 8 heteroatoms. The number of aliphatic imine (C=N–C) groups is 1. The second-order valence-corrected chi connectivity index (χ2v) is 9.93. The monoisotopic (exact) mass is 493 g/mol. The largest absolute Gasteiger partial charge is 0.478 e. The lowest BCUT2D eigenvalue weighted by atomic mass is 10.1. The molecule has 6 rings (SSSR count). The predicted octanol–water partition coefficient (Wildman–Crippen LogP) is 6.67. The highest BCUT2D eigenvalue weighted by molar-refractivity contribution is 5.92. The van der Waals surface area contributed by atoms with Gasteiger partial charge in [0, 0.05) is 30.5 Å². The van der Waals surface area contributed by atoms with Crippen molar-refractivity contribution in [1.29, 1.82) is 0 Å². The van der Waals surface area contributed by atoms with Crippen molar-refractivity contribution in [2.45, 2.75) is 39.7 Å². The summed E-state index contributed by atoms with van der Waals surface area (Å²) >= 11 is 0. The SMILES string of the molecule is Cc1nc2ccc(Oc3ccc(Nc4ncnc5ccc(CC6=NC(C)(C)CO6)cc45)cc3C)cc2o1. The maximum Gasteiger partial charge on any atom is 0.192 e. The van der Waals surface area contributed by atoms with Gasteiger partial charge in [-0.2, -0.15) is 0 Å². The Bertz CT molecular complexity index is 1670. The van der Waals surface area contributed by atoms with E-state index < -0.39 is 0 Å². The van der Waals surface area contributed by atoms with Gasteiger partial charge in [0.05, 0.1) is 11.1 Å². The number of ether oxygens (including phenoxy) is 2. The molecule has 0 spiro atoms. The number of aromatic nitrogens is 3. The third-order valence-electron chi connectivity index (χ3n) is 6.21. The molecule has 0 saturated heterocycles. The lowest BCUT2D eigenvalue weighted by Gasteiger charge is -2.13. The zero-order valence-corrected chi connectivity index (χ0v) is 21.2. The van der Waals surface area contributed by atoms with Crippen LogP contribution in [0.5, 0.6) is 11.5 Å². The van der Waals surface area contributed by atoms with E-state index in [9.17, 15) is 0 Å². The summed E-state index contributed by atoms with van der Waals surface area (Å²) in [4.78, 5) is 18.0. The first-order valence-corrected chi connectivity index (χ1v) is 12.2. The van der Waals surface area contributed by atoms with Crippen LogP contribution < -0.4 is 10.1 Å². The van der Waals surface area contributed by atoms with Crippen molar-refractivity contribution in [3.8, 4) is 11.5 Å². The highest BCUT2D eigenvalue weighted by atomic mass is 16.5. The van der Waals surface area contributed by atoms with Crippen molar-refractivity contribution >= 4 is 39.4 Å². The minimum atomic E-state index is -0.169. The van der Waals surface area contributed by atoms with Gasteiger partial charge >= 0.3 is 0 Å². The van der Waals surface area contributed by atoms with Crippen LogP contribution in [0.1, 0.15) is 30.9 Å². The third-order valence-corrected chi connectivity index (χ3v) is 6.21. The molecule has 0 fully saturated rings. The predicted molar refractivity (Wildman–Crippen MR) is 144 cm³/mol. The molecular formula is C29H27N5O3. The Morgan fingerprint density at radius 3 is 2.65 bits per heavy atom. The van der Waals surface area contributed by atoms with Crippen LogP contribution in [0.4, 0.5) is 11.5 Å². The van der Waals surface area contributed by atoms with Gasteiger partial charge in [-0.25, -0.2) is 19.9 Å². The first-order chi connectivity index (χ1) is 17.8. The summed E-state index contributed by atoms with van der Waals surface area (Å²) in [5.41, 5.74) is 5.20. The van der Waals surface area contributed by atoms with Gasteiger partial charge in [0.25, 0.3) is 0 Å². The van der Waals surface area contributed by atoms with E-state index in [1.165, 1.54) is 0 Å². The Balaban J connectivity index is 1.23. The lowest BCUT2D eigenvalue weighted by Crippen LogP contribution is -2.17. The Morgan fingerprint density at radius 2 is 1.84 bits per heavy atom. The molecule has 0 bridgehead atoms. The Labute approximate surface area is 214 Å². The third kappa shape index (κ3) is 4.82. The number of oxazole rings is 1. The van der Waals surface area contributed by atoms with Crippen molar-refractivity contribution in [2.75, 3.05) is 11.9 Å². The van der Waals surface area contributed by atoms with Crippen LogP contribution in [0.15, 0.2) is 70.3 Å². The molecule has 0 unspecified atom stereocenters. The van der Waals surface area contributed by atoms with Gasteiger partial charge in [0.1, 0.15) is 35.8 Å². The minimum Gasteiger partial charge on any atom is -0.478 e. The molecule has 3 aromatic carbocycles. The molecule has 8 nitrogen and oxygen atoms in total. The molecule has 2 aromatic heterocycles. The maximum absolute atomic E-state index is 6.13. The summed E-state index contributed by atoms with van der Waals surface area (Å²) in [5.74, 6) is 3.59. The fourth-order valence-electron chi connectivity index (χ4n) is 4.43. The normalized spacial score (nSPS) is 14.5. The van der Waals surface area contributed by atoms with E-state index in [0.29, 0.717) is 30.3 Å². The molecule has 0 amide bonds. The van der Waals surface area contributed by atoms with Crippen molar-refractivity contribution in [3.63, 3.8) is 0 Å². The Hall–Kier alpha value is -4.46. The molecule has 0 saturated carbocycles. The number of hydrogen-bond acceptors (Lipinski definition) is 8. The molecule has 0 atom stereocenters. The number of fused-ring (bicyclic) bond motifs is 2. The van der Waals surface area contributed by atoms with Gasteiger partial charge < -0.3 is 19.2 Å². The fraction of sp³-hybridized carbons (Fsp3) is 0.241. The number of hydrogen-bond donors (Lipinski definition) is 1. The molecule has 1 aliphatic heterocycles. The van der Waals surface area contributed by atoms with Crippen molar-refractivity contribution in [2.24, 2.45) is 4.99 Å². The van der Waals surface area contributed by atoms with E-state index in [0.717, 1.165) is 50.7 Å². The number of benzene rings is 3. The number of aryl methyl sites for hydroxylation is 2. The first-order valence-electron chi connectivity index (χ1n) is 12.2. The van der Waals surface area contributed by atoms with Crippen LogP contribution >= 0.6 is 0 Å². The second-order valence-electron chi connectivity index (χ2n) is 9.93. The van der Waals surface area contributed by atoms with Crippen LogP contribution in [0.3, 0.4) is 0 Å². The zero-order chi connectivity index (χ0) is 25.6. The van der Waals surface area contributed by atoms with E-state index in [1.54, 1.807) is 6.33 Å².